The van der Waals surface area contributed by atoms with Crippen molar-refractivity contribution in [1.29, 1.82) is 0 Å². The van der Waals surface area contributed by atoms with E-state index in [-0.39, 0.29) is 5.60 Å². The molecule has 28 heavy (non-hydrogen) atoms. The van der Waals surface area contributed by atoms with Crippen LogP contribution in [0.3, 0.4) is 0 Å². The third-order valence-corrected chi connectivity index (χ3v) is 7.26. The van der Waals surface area contributed by atoms with Gasteiger partial charge in [0.1, 0.15) is 0 Å². The topological polar surface area (TPSA) is 44.8 Å². The minimum atomic E-state index is 0.0436. The average Bonchev–Trinajstić information content (AvgIpc) is 3.11. The van der Waals surface area contributed by atoms with E-state index in [1.807, 2.05) is 4.90 Å². The standard InChI is InChI=1S/C23H33N3O2/c27-22(26-10-4-5-11-26)16-25-12-8-23(9-13-25)15-19(17-28-23)24-21-14-20(21)18-6-2-1-3-7-18/h1-3,6-7,19-21,24H,4-5,8-17H2. The van der Waals surface area contributed by atoms with Crippen LogP contribution in [-0.4, -0.2) is 72.7 Å². The lowest BCUT2D eigenvalue weighted by molar-refractivity contribution is -0.132. The van der Waals surface area contributed by atoms with E-state index in [1.54, 1.807) is 0 Å². The zero-order chi connectivity index (χ0) is 19.0. The molecule has 1 aliphatic carbocycles. The summed E-state index contributed by atoms with van der Waals surface area (Å²) in [5, 5.41) is 3.85. The molecule has 152 valence electrons. The van der Waals surface area contributed by atoms with Gasteiger partial charge in [-0.05, 0) is 44.1 Å². The summed E-state index contributed by atoms with van der Waals surface area (Å²) >= 11 is 0. The predicted octanol–water partition coefficient (Wildman–Crippen LogP) is 2.38. The first-order chi connectivity index (χ1) is 13.7. The molecule has 5 nitrogen and oxygen atoms in total. The van der Waals surface area contributed by atoms with Crippen LogP contribution in [0.25, 0.3) is 0 Å². The van der Waals surface area contributed by atoms with Crippen molar-refractivity contribution in [2.45, 2.75) is 62.1 Å². The number of ether oxygens (including phenoxy) is 1. The van der Waals surface area contributed by atoms with Crippen molar-refractivity contribution in [1.82, 2.24) is 15.1 Å². The molecule has 3 unspecified atom stereocenters. The van der Waals surface area contributed by atoms with Crippen molar-refractivity contribution in [3.05, 3.63) is 35.9 Å². The van der Waals surface area contributed by atoms with Crippen LogP contribution in [0.1, 0.15) is 50.0 Å². The van der Waals surface area contributed by atoms with Crippen molar-refractivity contribution >= 4 is 5.91 Å². The molecule has 0 bridgehead atoms. The predicted molar refractivity (Wildman–Crippen MR) is 109 cm³/mol. The zero-order valence-electron chi connectivity index (χ0n) is 16.8. The van der Waals surface area contributed by atoms with Crippen molar-refractivity contribution < 1.29 is 9.53 Å². The summed E-state index contributed by atoms with van der Waals surface area (Å²) in [5.41, 5.74) is 1.51. The van der Waals surface area contributed by atoms with Gasteiger partial charge in [0, 0.05) is 44.2 Å². The number of rotatable bonds is 5. The Balaban J connectivity index is 1.07. The number of likely N-dealkylation sites (tertiary alicyclic amines) is 2. The number of benzene rings is 1. The molecule has 3 saturated heterocycles. The Morgan fingerprint density at radius 2 is 1.86 bits per heavy atom. The number of nitrogens with zero attached hydrogens (tertiary/aromatic N) is 2. The van der Waals surface area contributed by atoms with Crippen LogP contribution in [0, 0.1) is 0 Å². The van der Waals surface area contributed by atoms with E-state index in [9.17, 15) is 4.79 Å². The second kappa shape index (κ2) is 7.77. The molecule has 3 heterocycles. The van der Waals surface area contributed by atoms with Gasteiger partial charge in [0.25, 0.3) is 0 Å². The zero-order valence-corrected chi connectivity index (χ0v) is 16.8. The molecule has 1 amide bonds. The van der Waals surface area contributed by atoms with E-state index >= 15 is 0 Å². The van der Waals surface area contributed by atoms with Gasteiger partial charge in [0.05, 0.1) is 18.8 Å². The molecule has 3 atom stereocenters. The van der Waals surface area contributed by atoms with Gasteiger partial charge in [-0.2, -0.15) is 0 Å². The summed E-state index contributed by atoms with van der Waals surface area (Å²) in [6.45, 7) is 5.32. The molecule has 1 saturated carbocycles. The normalized spacial score (nSPS) is 32.1. The van der Waals surface area contributed by atoms with Crippen LogP contribution in [0.5, 0.6) is 0 Å². The lowest BCUT2D eigenvalue weighted by atomic mass is 9.87. The van der Waals surface area contributed by atoms with E-state index < -0.39 is 0 Å². The molecule has 1 spiro atoms. The highest BCUT2D eigenvalue weighted by atomic mass is 16.5. The van der Waals surface area contributed by atoms with Crippen molar-refractivity contribution in [3.8, 4) is 0 Å². The van der Waals surface area contributed by atoms with E-state index in [0.29, 0.717) is 30.5 Å². The maximum Gasteiger partial charge on any atom is 0.236 e. The number of carbonyl (C=O) groups excluding carboxylic acids is 1. The van der Waals surface area contributed by atoms with Gasteiger partial charge in [-0.1, -0.05) is 30.3 Å². The average molecular weight is 384 g/mol. The maximum absolute atomic E-state index is 12.4. The number of hydrogen-bond donors (Lipinski definition) is 1. The third-order valence-electron chi connectivity index (χ3n) is 7.26. The van der Waals surface area contributed by atoms with Crippen LogP contribution in [0.15, 0.2) is 30.3 Å². The van der Waals surface area contributed by atoms with Crippen molar-refractivity contribution in [2.24, 2.45) is 0 Å². The van der Waals surface area contributed by atoms with Crippen LogP contribution >= 0.6 is 0 Å². The minimum Gasteiger partial charge on any atom is -0.373 e. The van der Waals surface area contributed by atoms with Gasteiger partial charge in [-0.25, -0.2) is 0 Å². The lowest BCUT2D eigenvalue weighted by Gasteiger charge is -2.38. The minimum absolute atomic E-state index is 0.0436. The number of carbonyl (C=O) groups is 1. The van der Waals surface area contributed by atoms with Gasteiger partial charge >= 0.3 is 0 Å². The van der Waals surface area contributed by atoms with Gasteiger partial charge < -0.3 is 15.0 Å². The number of amides is 1. The van der Waals surface area contributed by atoms with Gasteiger partial charge in [-0.3, -0.25) is 9.69 Å². The summed E-state index contributed by atoms with van der Waals surface area (Å²) in [6, 6.07) is 12.0. The summed E-state index contributed by atoms with van der Waals surface area (Å²) in [7, 11) is 0. The van der Waals surface area contributed by atoms with E-state index in [2.05, 4.69) is 40.5 Å². The molecule has 5 heteroatoms. The summed E-state index contributed by atoms with van der Waals surface area (Å²) in [4.78, 5) is 16.8. The van der Waals surface area contributed by atoms with Crippen LogP contribution < -0.4 is 5.32 Å². The molecule has 1 aromatic rings. The largest absolute Gasteiger partial charge is 0.373 e. The van der Waals surface area contributed by atoms with Gasteiger partial charge in [0.2, 0.25) is 5.91 Å². The maximum atomic E-state index is 12.4. The first-order valence-corrected chi connectivity index (χ1v) is 11.2. The fourth-order valence-electron chi connectivity index (χ4n) is 5.43. The Kier molecular flexibility index (Phi) is 5.16. The molecule has 4 aliphatic rings. The molecular weight excluding hydrogens is 350 g/mol. The Labute approximate surface area is 168 Å². The highest BCUT2D eigenvalue weighted by Crippen LogP contribution is 2.43. The summed E-state index contributed by atoms with van der Waals surface area (Å²) in [6.07, 6.45) is 6.84. The van der Waals surface area contributed by atoms with E-state index in [1.165, 1.54) is 24.8 Å². The Morgan fingerprint density at radius 3 is 2.61 bits per heavy atom. The SMILES string of the molecule is O=C(CN1CCC2(CC1)CC(NC1CC1c1ccccc1)CO2)N1CCCC1. The molecule has 0 aromatic heterocycles. The van der Waals surface area contributed by atoms with Crippen LogP contribution in [0.4, 0.5) is 0 Å². The summed E-state index contributed by atoms with van der Waals surface area (Å²) < 4.78 is 6.33. The second-order valence-electron chi connectivity index (χ2n) is 9.29. The van der Waals surface area contributed by atoms with E-state index in [4.69, 9.17) is 4.74 Å². The number of piperidine rings is 1. The third kappa shape index (κ3) is 3.98. The fourth-order valence-corrected chi connectivity index (χ4v) is 5.43. The molecule has 1 N–H and O–H groups in total. The first kappa shape index (κ1) is 18.6. The highest BCUT2D eigenvalue weighted by Gasteiger charge is 2.46. The monoisotopic (exact) mass is 383 g/mol. The van der Waals surface area contributed by atoms with Crippen molar-refractivity contribution in [2.75, 3.05) is 39.3 Å². The number of hydrogen-bond acceptors (Lipinski definition) is 4. The molecular formula is C23H33N3O2. The Morgan fingerprint density at radius 1 is 1.11 bits per heavy atom. The second-order valence-corrected chi connectivity index (χ2v) is 9.29. The van der Waals surface area contributed by atoms with Crippen LogP contribution in [0.2, 0.25) is 0 Å². The molecule has 4 fully saturated rings. The Bertz CT molecular complexity index is 680. The molecule has 1 aromatic carbocycles. The fraction of sp³-hybridized carbons (Fsp3) is 0.696. The first-order valence-electron chi connectivity index (χ1n) is 11.2. The molecule has 3 aliphatic heterocycles. The Hall–Kier alpha value is -1.43. The number of nitrogens with one attached hydrogen (secondary N) is 1. The van der Waals surface area contributed by atoms with Crippen LogP contribution in [-0.2, 0) is 9.53 Å². The molecule has 5 rings (SSSR count). The highest BCUT2D eigenvalue weighted by molar-refractivity contribution is 5.78. The van der Waals surface area contributed by atoms with Gasteiger partial charge in [-0.15, -0.1) is 0 Å². The lowest BCUT2D eigenvalue weighted by Crippen LogP contribution is -2.48. The van der Waals surface area contributed by atoms with Gasteiger partial charge in [0.15, 0.2) is 0 Å². The quantitative estimate of drug-likeness (QED) is 0.848. The molecule has 0 radical (unpaired) electrons. The van der Waals surface area contributed by atoms with E-state index in [0.717, 1.165) is 52.0 Å². The van der Waals surface area contributed by atoms with Crippen molar-refractivity contribution in [3.63, 3.8) is 0 Å². The summed E-state index contributed by atoms with van der Waals surface area (Å²) in [5.74, 6) is 0.997. The smallest absolute Gasteiger partial charge is 0.236 e.